The zero-order valence-corrected chi connectivity index (χ0v) is 19.4. The maximum atomic E-state index is 12.0. The van der Waals surface area contributed by atoms with E-state index in [4.69, 9.17) is 4.74 Å². The minimum absolute atomic E-state index is 0.127. The van der Waals surface area contributed by atoms with Crippen molar-refractivity contribution < 1.29 is 14.3 Å². The van der Waals surface area contributed by atoms with Crippen LogP contribution in [0, 0.1) is 17.8 Å². The maximum Gasteiger partial charge on any atom is 0.407 e. The highest BCUT2D eigenvalue weighted by Crippen LogP contribution is 2.48. The van der Waals surface area contributed by atoms with Gasteiger partial charge in [0.1, 0.15) is 6.04 Å². The van der Waals surface area contributed by atoms with Crippen molar-refractivity contribution in [1.29, 1.82) is 0 Å². The number of ether oxygens (including phenoxy) is 1. The van der Waals surface area contributed by atoms with Crippen molar-refractivity contribution in [2.45, 2.75) is 89.0 Å². The summed E-state index contributed by atoms with van der Waals surface area (Å²) < 4.78 is 5.44. The zero-order valence-electron chi connectivity index (χ0n) is 19.4. The number of benzene rings is 1. The van der Waals surface area contributed by atoms with Crippen LogP contribution in [0.2, 0.25) is 0 Å². The molecule has 0 radical (unpaired) electrons. The van der Waals surface area contributed by atoms with Gasteiger partial charge in [0.05, 0.1) is 6.61 Å². The fraction of sp³-hybridized carbons (Fsp3) is 0.704. The first kappa shape index (κ1) is 23.1. The lowest BCUT2D eigenvalue weighted by molar-refractivity contribution is -0.128. The van der Waals surface area contributed by atoms with Gasteiger partial charge in [-0.15, -0.1) is 0 Å². The lowest BCUT2D eigenvalue weighted by Crippen LogP contribution is -2.61. The Labute approximate surface area is 193 Å². The van der Waals surface area contributed by atoms with Crippen molar-refractivity contribution in [3.8, 4) is 0 Å². The molecule has 4 rings (SSSR count). The molecule has 0 aromatic heterocycles. The van der Waals surface area contributed by atoms with Crippen LogP contribution in [-0.4, -0.2) is 31.2 Å². The lowest BCUT2D eigenvalue weighted by Gasteiger charge is -2.41. The van der Waals surface area contributed by atoms with Gasteiger partial charge in [0.25, 0.3) is 0 Å². The third-order valence-corrected chi connectivity index (χ3v) is 8.06. The molecule has 1 aliphatic heterocycles. The lowest BCUT2D eigenvalue weighted by atomic mass is 9.63. The minimum atomic E-state index is -0.467. The van der Waals surface area contributed by atoms with Gasteiger partial charge < -0.3 is 15.4 Å². The molecule has 0 spiro atoms. The first-order valence-corrected chi connectivity index (χ1v) is 13.0. The van der Waals surface area contributed by atoms with Crippen LogP contribution in [0.3, 0.4) is 0 Å². The van der Waals surface area contributed by atoms with Crippen LogP contribution in [0.4, 0.5) is 4.79 Å². The quantitative estimate of drug-likeness (QED) is 0.391. The minimum Gasteiger partial charge on any atom is -0.450 e. The molecule has 3 fully saturated rings. The molecule has 0 bridgehead atoms. The summed E-state index contributed by atoms with van der Waals surface area (Å²) in [5.74, 6) is 2.71. The van der Waals surface area contributed by atoms with Gasteiger partial charge in [-0.1, -0.05) is 81.7 Å². The van der Waals surface area contributed by atoms with E-state index in [9.17, 15) is 9.59 Å². The second kappa shape index (κ2) is 11.7. The number of hydrogen-bond acceptors (Lipinski definition) is 3. The van der Waals surface area contributed by atoms with Crippen LogP contribution in [0.15, 0.2) is 30.3 Å². The van der Waals surface area contributed by atoms with E-state index in [-0.39, 0.29) is 5.91 Å². The molecule has 5 heteroatoms. The molecule has 3 atom stereocenters. The summed E-state index contributed by atoms with van der Waals surface area (Å²) in [6.45, 7) is 0.924. The molecule has 5 nitrogen and oxygen atoms in total. The van der Waals surface area contributed by atoms with Crippen LogP contribution in [-0.2, 0) is 9.53 Å². The van der Waals surface area contributed by atoms with E-state index in [1.54, 1.807) is 0 Å². The zero-order chi connectivity index (χ0) is 22.2. The Morgan fingerprint density at radius 1 is 0.969 bits per heavy atom. The van der Waals surface area contributed by atoms with Gasteiger partial charge in [0, 0.05) is 6.54 Å². The second-order valence-corrected chi connectivity index (χ2v) is 10.1. The maximum absolute atomic E-state index is 12.0. The Balaban J connectivity index is 1.40. The summed E-state index contributed by atoms with van der Waals surface area (Å²) in [5.41, 5.74) is 1.52. The monoisotopic (exact) mass is 440 g/mol. The Kier molecular flexibility index (Phi) is 8.47. The summed E-state index contributed by atoms with van der Waals surface area (Å²) >= 11 is 0. The van der Waals surface area contributed by atoms with Gasteiger partial charge in [0.15, 0.2) is 0 Å². The van der Waals surface area contributed by atoms with Gasteiger partial charge >= 0.3 is 6.09 Å². The number of hydrogen-bond donors (Lipinski definition) is 2. The molecule has 1 aromatic rings. The van der Waals surface area contributed by atoms with E-state index in [0.717, 1.165) is 24.7 Å². The van der Waals surface area contributed by atoms with E-state index in [1.807, 2.05) is 0 Å². The van der Waals surface area contributed by atoms with Gasteiger partial charge in [-0.05, 0) is 54.9 Å². The Hall–Kier alpha value is -2.04. The summed E-state index contributed by atoms with van der Waals surface area (Å²) in [7, 11) is 0. The molecule has 3 aliphatic rings. The molecule has 2 unspecified atom stereocenters. The summed E-state index contributed by atoms with van der Waals surface area (Å²) in [5, 5.41) is 5.28. The molecule has 1 heterocycles. The third-order valence-electron chi connectivity index (χ3n) is 8.06. The average molecular weight is 441 g/mol. The Bertz CT molecular complexity index is 726. The largest absolute Gasteiger partial charge is 0.450 e. The van der Waals surface area contributed by atoms with Crippen LogP contribution in [0.5, 0.6) is 0 Å². The van der Waals surface area contributed by atoms with E-state index in [2.05, 4.69) is 41.0 Å². The van der Waals surface area contributed by atoms with Crippen molar-refractivity contribution in [3.63, 3.8) is 0 Å². The summed E-state index contributed by atoms with van der Waals surface area (Å²) in [6.07, 6.45) is 15.1. The van der Waals surface area contributed by atoms with E-state index >= 15 is 0 Å². The summed E-state index contributed by atoms with van der Waals surface area (Å²) in [6, 6.07) is 10.8. The first-order chi connectivity index (χ1) is 15.7. The number of carbonyl (C=O) groups excluding carboxylic acids is 2. The Morgan fingerprint density at radius 3 is 2.22 bits per heavy atom. The molecule has 1 saturated heterocycles. The topological polar surface area (TPSA) is 67.4 Å². The number of β-lactam (4-membered cyclic amide) rings is 1. The highest BCUT2D eigenvalue weighted by atomic mass is 16.5. The molecule has 32 heavy (non-hydrogen) atoms. The van der Waals surface area contributed by atoms with Crippen molar-refractivity contribution >= 4 is 12.0 Å². The normalized spacial score (nSPS) is 24.1. The fourth-order valence-corrected chi connectivity index (χ4v) is 6.38. The predicted molar refractivity (Wildman–Crippen MR) is 126 cm³/mol. The van der Waals surface area contributed by atoms with Crippen LogP contribution in [0.1, 0.15) is 88.5 Å². The van der Waals surface area contributed by atoms with Gasteiger partial charge in [-0.3, -0.25) is 4.79 Å². The first-order valence-electron chi connectivity index (χ1n) is 13.0. The van der Waals surface area contributed by atoms with Crippen molar-refractivity contribution in [3.05, 3.63) is 35.9 Å². The number of rotatable bonds is 9. The molecule has 2 amide bonds. The van der Waals surface area contributed by atoms with Gasteiger partial charge in [-0.2, -0.15) is 0 Å². The van der Waals surface area contributed by atoms with E-state index in [1.165, 1.54) is 69.8 Å². The number of amides is 2. The molecule has 2 N–H and O–H groups in total. The second-order valence-electron chi connectivity index (χ2n) is 10.1. The van der Waals surface area contributed by atoms with Gasteiger partial charge in [0.2, 0.25) is 5.91 Å². The fourth-order valence-electron chi connectivity index (χ4n) is 6.38. The van der Waals surface area contributed by atoms with E-state index in [0.29, 0.717) is 25.0 Å². The molecule has 2 saturated carbocycles. The molecule has 176 valence electrons. The SMILES string of the molecule is O=C(N[C@@H]1CNC1=O)OCCCC(C1CCCCC1)C(c1ccccc1)C1CCCCC1. The predicted octanol–water partition coefficient (Wildman–Crippen LogP) is 5.55. The highest BCUT2D eigenvalue weighted by molar-refractivity contribution is 5.90. The van der Waals surface area contributed by atoms with Crippen molar-refractivity contribution in [1.82, 2.24) is 10.6 Å². The van der Waals surface area contributed by atoms with Crippen molar-refractivity contribution in [2.75, 3.05) is 13.2 Å². The smallest absolute Gasteiger partial charge is 0.407 e. The van der Waals surface area contributed by atoms with Crippen LogP contribution < -0.4 is 10.6 Å². The number of nitrogens with one attached hydrogen (secondary N) is 2. The van der Waals surface area contributed by atoms with Crippen LogP contribution in [0.25, 0.3) is 0 Å². The molecular formula is C27H40N2O3. The standard InChI is InChI=1S/C27H40N2O3/c30-26-24(19-28-26)29-27(31)32-18-10-17-23(20-11-4-1-5-12-20)25(21-13-6-2-7-14-21)22-15-8-3-9-16-22/h2,6-7,13-14,20,22-25H,1,3-5,8-12,15-19H2,(H,28,30)(H,29,31)/t23?,24-,25?/m1/s1. The van der Waals surface area contributed by atoms with Gasteiger partial charge in [-0.25, -0.2) is 4.79 Å². The summed E-state index contributed by atoms with van der Waals surface area (Å²) in [4.78, 5) is 23.4. The highest BCUT2D eigenvalue weighted by Gasteiger charge is 2.36. The molecule has 2 aliphatic carbocycles. The van der Waals surface area contributed by atoms with E-state index < -0.39 is 12.1 Å². The van der Waals surface area contributed by atoms with Crippen molar-refractivity contribution in [2.24, 2.45) is 17.8 Å². The van der Waals surface area contributed by atoms with Crippen LogP contribution >= 0.6 is 0 Å². The molecular weight excluding hydrogens is 400 g/mol. The number of carbonyl (C=O) groups is 2. The third kappa shape index (κ3) is 6.05. The molecule has 1 aromatic carbocycles. The average Bonchev–Trinajstić information content (AvgIpc) is 2.85. The number of alkyl carbamates (subject to hydrolysis) is 1. The Morgan fingerprint density at radius 2 is 1.62 bits per heavy atom.